The third kappa shape index (κ3) is 3.93. The Labute approximate surface area is 186 Å². The fourth-order valence-electron chi connectivity index (χ4n) is 3.24. The third-order valence-corrected chi connectivity index (χ3v) is 5.10. The lowest BCUT2D eigenvalue weighted by Gasteiger charge is -2.28. The lowest BCUT2D eigenvalue weighted by molar-refractivity contribution is -0.255. The molecule has 4 rings (SSSR count). The molecule has 1 saturated heterocycles. The van der Waals surface area contributed by atoms with Crippen LogP contribution in [-0.2, 0) is 9.59 Å². The smallest absolute Gasteiger partial charge is 0.270 e. The molecular weight excluding hydrogens is 435 g/mol. The normalized spacial score (nSPS) is 15.2. The minimum Gasteiger partial charge on any atom is -0.545 e. The summed E-state index contributed by atoms with van der Waals surface area (Å²) in [5.74, 6) is -2.82. The maximum absolute atomic E-state index is 13.6. The zero-order valence-electron chi connectivity index (χ0n) is 16.5. The fraction of sp³-hybridized carbons (Fsp3) is 0.0435. The number of aryl methyl sites for hydroxylation is 1. The van der Waals surface area contributed by atoms with Crippen LogP contribution in [0.2, 0.25) is 0 Å². The molecule has 1 aromatic heterocycles. The standard InChI is InChI=1S/C23H15FN2O5S/c1-12-5-6-13(22(29)30)9-17(12)19-8-7-16(31-19)11-18-20(27)25-23(32)26(21(18)28)15-4-2-3-14(24)10-15/h2-11H,1H3,(H,29,30)(H,25,27,32)/p-1/b18-11+. The first-order chi connectivity index (χ1) is 15.2. The van der Waals surface area contributed by atoms with Gasteiger partial charge in [0.2, 0.25) is 0 Å². The van der Waals surface area contributed by atoms with Gasteiger partial charge in [-0.3, -0.25) is 19.8 Å². The molecule has 1 aliphatic rings. The van der Waals surface area contributed by atoms with Gasteiger partial charge in [-0.05, 0) is 72.7 Å². The summed E-state index contributed by atoms with van der Waals surface area (Å²) in [5.41, 5.74) is 1.18. The summed E-state index contributed by atoms with van der Waals surface area (Å²) in [6.07, 6.45) is 1.24. The van der Waals surface area contributed by atoms with Crippen LogP contribution in [0.4, 0.5) is 10.1 Å². The van der Waals surface area contributed by atoms with Gasteiger partial charge in [-0.1, -0.05) is 18.2 Å². The second-order valence-corrected chi connectivity index (χ2v) is 7.34. The molecular formula is C23H14FN2O5S-. The fourth-order valence-corrected chi connectivity index (χ4v) is 3.52. The van der Waals surface area contributed by atoms with Crippen LogP contribution < -0.4 is 15.3 Å². The van der Waals surface area contributed by atoms with Gasteiger partial charge in [0, 0.05) is 5.56 Å². The molecule has 2 aromatic carbocycles. The Bertz CT molecular complexity index is 1330. The Balaban J connectivity index is 1.70. The summed E-state index contributed by atoms with van der Waals surface area (Å²) >= 11 is 5.09. The number of benzene rings is 2. The molecule has 32 heavy (non-hydrogen) atoms. The van der Waals surface area contributed by atoms with Crippen LogP contribution in [-0.4, -0.2) is 22.9 Å². The highest BCUT2D eigenvalue weighted by Crippen LogP contribution is 2.28. The van der Waals surface area contributed by atoms with Crippen molar-refractivity contribution in [2.75, 3.05) is 4.90 Å². The average Bonchev–Trinajstić information content (AvgIpc) is 3.19. The quantitative estimate of drug-likeness (QED) is 0.373. The largest absolute Gasteiger partial charge is 0.545 e. The van der Waals surface area contributed by atoms with E-state index in [2.05, 4.69) is 5.32 Å². The number of hydrogen-bond acceptors (Lipinski definition) is 6. The third-order valence-electron chi connectivity index (χ3n) is 4.82. The van der Waals surface area contributed by atoms with E-state index in [1.165, 1.54) is 42.5 Å². The molecule has 9 heteroatoms. The Morgan fingerprint density at radius 1 is 1.16 bits per heavy atom. The monoisotopic (exact) mass is 449 g/mol. The number of carboxylic acid groups (broad SMARTS) is 1. The van der Waals surface area contributed by atoms with Gasteiger partial charge >= 0.3 is 0 Å². The maximum atomic E-state index is 13.6. The number of thiocarbonyl (C=S) groups is 1. The van der Waals surface area contributed by atoms with Crippen LogP contribution in [0.1, 0.15) is 21.7 Å². The van der Waals surface area contributed by atoms with Gasteiger partial charge in [0.05, 0.1) is 11.7 Å². The number of hydrogen-bond donors (Lipinski definition) is 1. The van der Waals surface area contributed by atoms with Crippen LogP contribution in [0.25, 0.3) is 17.4 Å². The van der Waals surface area contributed by atoms with Crippen molar-refractivity contribution in [1.82, 2.24) is 5.32 Å². The van der Waals surface area contributed by atoms with E-state index in [1.807, 2.05) is 0 Å². The number of anilines is 1. The van der Waals surface area contributed by atoms with Crippen molar-refractivity contribution >= 4 is 46.9 Å². The van der Waals surface area contributed by atoms with Crippen LogP contribution >= 0.6 is 12.2 Å². The number of amides is 2. The van der Waals surface area contributed by atoms with Gasteiger partial charge in [0.25, 0.3) is 11.8 Å². The van der Waals surface area contributed by atoms with Crippen LogP contribution in [0.5, 0.6) is 0 Å². The van der Waals surface area contributed by atoms with Crippen LogP contribution in [0.15, 0.2) is 64.6 Å². The molecule has 0 unspecified atom stereocenters. The number of aromatic carboxylic acids is 1. The zero-order chi connectivity index (χ0) is 23.0. The second kappa shape index (κ2) is 8.20. The molecule has 0 atom stereocenters. The lowest BCUT2D eigenvalue weighted by atomic mass is 10.0. The highest BCUT2D eigenvalue weighted by molar-refractivity contribution is 7.80. The van der Waals surface area contributed by atoms with Crippen molar-refractivity contribution in [1.29, 1.82) is 0 Å². The summed E-state index contributed by atoms with van der Waals surface area (Å²) in [7, 11) is 0. The molecule has 1 fully saturated rings. The van der Waals surface area contributed by atoms with Crippen molar-refractivity contribution in [3.05, 3.63) is 82.9 Å². The van der Waals surface area contributed by atoms with Gasteiger partial charge in [-0.15, -0.1) is 0 Å². The minimum absolute atomic E-state index is 0.0111. The Hall–Kier alpha value is -4.11. The van der Waals surface area contributed by atoms with E-state index in [1.54, 1.807) is 19.1 Å². The zero-order valence-corrected chi connectivity index (χ0v) is 17.4. The van der Waals surface area contributed by atoms with Crippen molar-refractivity contribution in [3.8, 4) is 11.3 Å². The van der Waals surface area contributed by atoms with E-state index in [0.29, 0.717) is 11.3 Å². The molecule has 2 heterocycles. The van der Waals surface area contributed by atoms with E-state index < -0.39 is 23.6 Å². The number of carbonyl (C=O) groups is 3. The summed E-state index contributed by atoms with van der Waals surface area (Å²) in [4.78, 5) is 37.6. The number of halogens is 1. The van der Waals surface area contributed by atoms with Gasteiger partial charge in [-0.25, -0.2) is 4.39 Å². The first-order valence-electron chi connectivity index (χ1n) is 9.34. The summed E-state index contributed by atoms with van der Waals surface area (Å²) in [6, 6.07) is 12.8. The molecule has 2 amide bonds. The number of furan rings is 1. The molecule has 0 bridgehead atoms. The summed E-state index contributed by atoms with van der Waals surface area (Å²) < 4.78 is 19.4. The first kappa shape index (κ1) is 21.1. The SMILES string of the molecule is Cc1ccc(C(=O)[O-])cc1-c1ccc(/C=C2\C(=O)NC(=S)N(c3cccc(F)c3)C2=O)o1. The van der Waals surface area contributed by atoms with E-state index >= 15 is 0 Å². The van der Waals surface area contributed by atoms with Gasteiger partial charge in [-0.2, -0.15) is 0 Å². The number of nitrogens with zero attached hydrogens (tertiary/aromatic N) is 1. The number of rotatable bonds is 4. The molecule has 0 saturated carbocycles. The average molecular weight is 449 g/mol. The molecule has 1 aliphatic heterocycles. The van der Waals surface area contributed by atoms with Crippen molar-refractivity contribution in [3.63, 3.8) is 0 Å². The molecule has 1 N–H and O–H groups in total. The van der Waals surface area contributed by atoms with Crippen molar-refractivity contribution in [2.45, 2.75) is 6.92 Å². The lowest BCUT2D eigenvalue weighted by Crippen LogP contribution is -2.54. The van der Waals surface area contributed by atoms with Gasteiger partial charge < -0.3 is 14.3 Å². The van der Waals surface area contributed by atoms with Gasteiger partial charge in [0.15, 0.2) is 5.11 Å². The predicted octanol–water partition coefficient (Wildman–Crippen LogP) is 2.59. The summed E-state index contributed by atoms with van der Waals surface area (Å²) in [6.45, 7) is 1.78. The predicted molar refractivity (Wildman–Crippen MR) is 116 cm³/mol. The summed E-state index contributed by atoms with van der Waals surface area (Å²) in [5, 5.41) is 13.4. The van der Waals surface area contributed by atoms with Gasteiger partial charge in [0.1, 0.15) is 22.9 Å². The first-order valence-corrected chi connectivity index (χ1v) is 9.74. The Morgan fingerprint density at radius 2 is 1.94 bits per heavy atom. The Morgan fingerprint density at radius 3 is 2.66 bits per heavy atom. The van der Waals surface area contributed by atoms with E-state index in [-0.39, 0.29) is 27.7 Å². The van der Waals surface area contributed by atoms with E-state index in [4.69, 9.17) is 16.6 Å². The second-order valence-electron chi connectivity index (χ2n) is 6.96. The molecule has 0 radical (unpaired) electrons. The highest BCUT2D eigenvalue weighted by atomic mass is 32.1. The topological polar surface area (TPSA) is 103 Å². The molecule has 3 aromatic rings. The Kier molecular flexibility index (Phi) is 5.41. The molecule has 7 nitrogen and oxygen atoms in total. The molecule has 0 aliphatic carbocycles. The molecule has 0 spiro atoms. The number of carbonyl (C=O) groups excluding carboxylic acids is 3. The number of carboxylic acids is 1. The van der Waals surface area contributed by atoms with E-state index in [9.17, 15) is 23.9 Å². The highest BCUT2D eigenvalue weighted by Gasteiger charge is 2.34. The molecule has 160 valence electrons. The van der Waals surface area contributed by atoms with Crippen molar-refractivity contribution < 1.29 is 28.3 Å². The van der Waals surface area contributed by atoms with E-state index in [0.717, 1.165) is 16.5 Å². The maximum Gasteiger partial charge on any atom is 0.270 e. The number of nitrogens with one attached hydrogen (secondary N) is 1. The minimum atomic E-state index is -1.32. The van der Waals surface area contributed by atoms with Crippen molar-refractivity contribution in [2.24, 2.45) is 0 Å². The van der Waals surface area contributed by atoms with Crippen LogP contribution in [0.3, 0.4) is 0 Å². The van der Waals surface area contributed by atoms with Crippen LogP contribution in [0, 0.1) is 12.7 Å².